The van der Waals surface area contributed by atoms with Crippen LogP contribution in [0.2, 0.25) is 0 Å². The van der Waals surface area contributed by atoms with Gasteiger partial charge in [0.25, 0.3) is 0 Å². The number of hydrogen-bond acceptors (Lipinski definition) is 8. The Hall–Kier alpha value is -2.37. The minimum absolute atomic E-state index is 0.0204. The van der Waals surface area contributed by atoms with Crippen LogP contribution in [-0.4, -0.2) is 70.9 Å². The number of amides is 1. The average molecular weight is 493 g/mol. The highest BCUT2D eigenvalue weighted by atomic mass is 32.2. The van der Waals surface area contributed by atoms with Crippen LogP contribution in [-0.2, 0) is 14.6 Å². The van der Waals surface area contributed by atoms with Gasteiger partial charge >= 0.3 is 0 Å². The summed E-state index contributed by atoms with van der Waals surface area (Å²) in [5.74, 6) is 1.35. The lowest BCUT2D eigenvalue weighted by atomic mass is 10.2. The molecule has 0 spiro atoms. The zero-order valence-corrected chi connectivity index (χ0v) is 20.4. The van der Waals surface area contributed by atoms with Crippen molar-refractivity contribution in [2.45, 2.75) is 29.8 Å². The van der Waals surface area contributed by atoms with Crippen LogP contribution < -0.4 is 4.74 Å². The summed E-state index contributed by atoms with van der Waals surface area (Å²) in [5, 5.41) is 10.9. The van der Waals surface area contributed by atoms with Crippen molar-refractivity contribution in [3.05, 3.63) is 41.8 Å². The second kappa shape index (κ2) is 9.24. The average Bonchev–Trinajstić information content (AvgIpc) is 3.52. The molecule has 3 aromatic rings. The van der Waals surface area contributed by atoms with Gasteiger partial charge in [-0.2, -0.15) is 0 Å². The molecule has 3 heterocycles. The van der Waals surface area contributed by atoms with Gasteiger partial charge in [-0.3, -0.25) is 9.36 Å². The van der Waals surface area contributed by atoms with Gasteiger partial charge < -0.3 is 9.64 Å². The largest absolute Gasteiger partial charge is 0.495 e. The molecule has 1 aliphatic heterocycles. The number of carbonyl (C=O) groups is 1. The van der Waals surface area contributed by atoms with E-state index in [2.05, 4.69) is 10.2 Å². The number of sulfone groups is 1. The number of nitrogens with zero attached hydrogens (tertiary/aromatic N) is 4. The van der Waals surface area contributed by atoms with E-state index in [0.29, 0.717) is 23.2 Å². The summed E-state index contributed by atoms with van der Waals surface area (Å²) < 4.78 is 31.1. The monoisotopic (exact) mass is 492 g/mol. The molecule has 32 heavy (non-hydrogen) atoms. The Balaban J connectivity index is 1.65. The number of para-hydroxylation sites is 2. The summed E-state index contributed by atoms with van der Waals surface area (Å²) in [5.41, 5.74) is 0.779. The molecular formula is C21H24N4O4S3. The van der Waals surface area contributed by atoms with Crippen molar-refractivity contribution in [1.82, 2.24) is 19.7 Å². The highest BCUT2D eigenvalue weighted by molar-refractivity contribution is 8.00. The van der Waals surface area contributed by atoms with Crippen LogP contribution in [0, 0.1) is 0 Å². The normalized spacial score (nSPS) is 18.4. The van der Waals surface area contributed by atoms with E-state index in [-0.39, 0.29) is 23.5 Å². The van der Waals surface area contributed by atoms with Gasteiger partial charge in [-0.15, -0.1) is 21.5 Å². The predicted molar refractivity (Wildman–Crippen MR) is 126 cm³/mol. The van der Waals surface area contributed by atoms with Crippen molar-refractivity contribution in [3.8, 4) is 22.1 Å². The Kier molecular flexibility index (Phi) is 6.59. The molecule has 4 rings (SSSR count). The van der Waals surface area contributed by atoms with E-state index in [1.807, 2.05) is 46.3 Å². The highest BCUT2D eigenvalue weighted by Crippen LogP contribution is 2.35. The van der Waals surface area contributed by atoms with Crippen LogP contribution in [0.4, 0.5) is 0 Å². The molecule has 170 valence electrons. The molecule has 0 aliphatic carbocycles. The van der Waals surface area contributed by atoms with Crippen LogP contribution >= 0.6 is 23.1 Å². The molecule has 0 N–H and O–H groups in total. The first-order chi connectivity index (χ1) is 15.3. The molecule has 2 unspecified atom stereocenters. The van der Waals surface area contributed by atoms with Gasteiger partial charge in [-0.1, -0.05) is 30.0 Å². The molecule has 1 saturated heterocycles. The number of hydrogen-bond donors (Lipinski definition) is 0. The Morgan fingerprint density at radius 2 is 2.06 bits per heavy atom. The van der Waals surface area contributed by atoms with E-state index in [1.165, 1.54) is 11.8 Å². The summed E-state index contributed by atoms with van der Waals surface area (Å²) in [4.78, 5) is 15.6. The SMILES string of the molecule is COc1ccccc1-n1c(SC(C)C(=O)N(C)C2CCS(=O)(=O)C2)nnc1-c1cccs1. The number of methoxy groups -OCH3 is 1. The topological polar surface area (TPSA) is 94.4 Å². The molecule has 0 bridgehead atoms. The van der Waals surface area contributed by atoms with E-state index in [0.717, 1.165) is 10.6 Å². The van der Waals surface area contributed by atoms with E-state index in [1.54, 1.807) is 37.3 Å². The van der Waals surface area contributed by atoms with Gasteiger partial charge in [0.15, 0.2) is 20.8 Å². The molecule has 1 amide bonds. The third-order valence-corrected chi connectivity index (χ3v) is 9.08. The molecule has 0 saturated carbocycles. The van der Waals surface area contributed by atoms with Crippen LogP contribution in [0.15, 0.2) is 46.9 Å². The lowest BCUT2D eigenvalue weighted by molar-refractivity contribution is -0.130. The number of thioether (sulfide) groups is 1. The van der Waals surface area contributed by atoms with Crippen molar-refractivity contribution >= 4 is 38.8 Å². The summed E-state index contributed by atoms with van der Waals surface area (Å²) in [6.07, 6.45) is 0.474. The van der Waals surface area contributed by atoms with E-state index in [4.69, 9.17) is 4.74 Å². The van der Waals surface area contributed by atoms with Crippen LogP contribution in [0.3, 0.4) is 0 Å². The van der Waals surface area contributed by atoms with E-state index < -0.39 is 15.1 Å². The molecule has 1 aromatic carbocycles. The highest BCUT2D eigenvalue weighted by Gasteiger charge is 2.35. The predicted octanol–water partition coefficient (Wildman–Crippen LogP) is 3.13. The molecule has 2 aromatic heterocycles. The van der Waals surface area contributed by atoms with Gasteiger partial charge in [-0.05, 0) is 36.9 Å². The maximum Gasteiger partial charge on any atom is 0.235 e. The summed E-state index contributed by atoms with van der Waals surface area (Å²) >= 11 is 2.85. The first kappa shape index (κ1) is 22.8. The quantitative estimate of drug-likeness (QED) is 0.468. The zero-order valence-electron chi connectivity index (χ0n) is 18.0. The molecule has 11 heteroatoms. The summed E-state index contributed by atoms with van der Waals surface area (Å²) in [7, 11) is 0.212. The van der Waals surface area contributed by atoms with Crippen molar-refractivity contribution in [1.29, 1.82) is 0 Å². The fraction of sp³-hybridized carbons (Fsp3) is 0.381. The number of rotatable bonds is 7. The van der Waals surface area contributed by atoms with E-state index >= 15 is 0 Å². The fourth-order valence-corrected chi connectivity index (χ4v) is 7.13. The molecule has 8 nitrogen and oxygen atoms in total. The molecule has 1 fully saturated rings. The van der Waals surface area contributed by atoms with E-state index in [9.17, 15) is 13.2 Å². The number of carbonyl (C=O) groups excluding carboxylic acids is 1. The Morgan fingerprint density at radius 3 is 2.72 bits per heavy atom. The maximum absolute atomic E-state index is 13.1. The second-order valence-corrected chi connectivity index (χ2v) is 12.0. The molecule has 1 aliphatic rings. The fourth-order valence-electron chi connectivity index (χ4n) is 3.70. The Morgan fingerprint density at radius 1 is 1.28 bits per heavy atom. The number of benzene rings is 1. The smallest absolute Gasteiger partial charge is 0.235 e. The van der Waals surface area contributed by atoms with Gasteiger partial charge in [0, 0.05) is 13.1 Å². The minimum atomic E-state index is -3.07. The van der Waals surface area contributed by atoms with Crippen LogP contribution in [0.1, 0.15) is 13.3 Å². The Bertz CT molecular complexity index is 1210. The van der Waals surface area contributed by atoms with Gasteiger partial charge in [-0.25, -0.2) is 8.42 Å². The van der Waals surface area contributed by atoms with Crippen LogP contribution in [0.5, 0.6) is 5.75 Å². The van der Waals surface area contributed by atoms with Gasteiger partial charge in [0.2, 0.25) is 5.91 Å². The lowest BCUT2D eigenvalue weighted by Crippen LogP contribution is -2.41. The number of aromatic nitrogens is 3. The summed E-state index contributed by atoms with van der Waals surface area (Å²) in [6.45, 7) is 1.80. The van der Waals surface area contributed by atoms with Crippen LogP contribution in [0.25, 0.3) is 16.4 Å². The standard InChI is InChI=1S/C21H24N4O4S3/c1-14(20(26)24(2)15-10-12-32(27,28)13-15)31-21-23-22-19(18-9-6-11-30-18)25(21)16-7-4-5-8-17(16)29-3/h4-9,11,14-15H,10,12-13H2,1-3H3. The van der Waals surface area contributed by atoms with Gasteiger partial charge in [0.05, 0.1) is 34.4 Å². The minimum Gasteiger partial charge on any atom is -0.495 e. The first-order valence-electron chi connectivity index (χ1n) is 10.1. The Labute approximate surface area is 195 Å². The molecule has 0 radical (unpaired) electrons. The number of ether oxygens (including phenoxy) is 1. The van der Waals surface area contributed by atoms with Crippen molar-refractivity contribution in [2.75, 3.05) is 25.7 Å². The van der Waals surface area contributed by atoms with Crippen molar-refractivity contribution in [3.63, 3.8) is 0 Å². The van der Waals surface area contributed by atoms with Crippen molar-refractivity contribution in [2.24, 2.45) is 0 Å². The lowest BCUT2D eigenvalue weighted by Gasteiger charge is -2.26. The maximum atomic E-state index is 13.1. The molecular weight excluding hydrogens is 468 g/mol. The third-order valence-electron chi connectivity index (χ3n) is 5.43. The zero-order chi connectivity index (χ0) is 22.9. The first-order valence-corrected chi connectivity index (χ1v) is 13.6. The third kappa shape index (κ3) is 4.55. The second-order valence-electron chi connectivity index (χ2n) is 7.56. The number of thiophene rings is 1. The van der Waals surface area contributed by atoms with Crippen molar-refractivity contribution < 1.29 is 17.9 Å². The molecule has 2 atom stereocenters. The van der Waals surface area contributed by atoms with Gasteiger partial charge in [0.1, 0.15) is 5.75 Å². The summed E-state index contributed by atoms with van der Waals surface area (Å²) in [6, 6.07) is 11.2.